The van der Waals surface area contributed by atoms with Crippen molar-refractivity contribution < 1.29 is 8.83 Å². The average molecular weight is 627 g/mol. The standard InChI is InChI=1S/C47H30O2/c1-47(2)38-24-29(32-15-9-17-41-44(32)37-23-18-27-10-3-6-13-33(27)46(37)49-41)19-22-36(38)45-39(47)25-28-11-4-5-12-31(28)43(45)30-20-21-35-34-14-7-8-16-40(34)48-42(35)26-30/h3-26H,1-2H3. The minimum Gasteiger partial charge on any atom is -0.456 e. The fourth-order valence-corrected chi connectivity index (χ4v) is 8.69. The number of hydrogen-bond acceptors (Lipinski definition) is 2. The molecule has 1 aliphatic carbocycles. The van der Waals surface area contributed by atoms with Crippen LogP contribution < -0.4 is 0 Å². The van der Waals surface area contributed by atoms with Crippen molar-refractivity contribution in [3.8, 4) is 33.4 Å². The molecule has 0 unspecified atom stereocenters. The summed E-state index contributed by atoms with van der Waals surface area (Å²) in [6.45, 7) is 4.75. The molecule has 2 aromatic heterocycles. The Kier molecular flexibility index (Phi) is 5.21. The number of hydrogen-bond donors (Lipinski definition) is 0. The van der Waals surface area contributed by atoms with Crippen molar-refractivity contribution >= 4 is 65.4 Å². The molecule has 8 aromatic carbocycles. The topological polar surface area (TPSA) is 26.3 Å². The van der Waals surface area contributed by atoms with Crippen LogP contribution in [-0.2, 0) is 5.41 Å². The lowest BCUT2D eigenvalue weighted by molar-refractivity contribution is 0.661. The van der Waals surface area contributed by atoms with Crippen LogP contribution in [0.5, 0.6) is 0 Å². The van der Waals surface area contributed by atoms with Gasteiger partial charge in [-0.1, -0.05) is 117 Å². The molecule has 10 aromatic rings. The molecule has 1 aliphatic rings. The first-order valence-corrected chi connectivity index (χ1v) is 17.0. The predicted octanol–water partition coefficient (Wildman–Crippen LogP) is 13.4. The van der Waals surface area contributed by atoms with Gasteiger partial charge in [-0.25, -0.2) is 0 Å². The van der Waals surface area contributed by atoms with Gasteiger partial charge in [0.1, 0.15) is 22.3 Å². The van der Waals surface area contributed by atoms with Crippen molar-refractivity contribution in [2.45, 2.75) is 19.3 Å². The van der Waals surface area contributed by atoms with Crippen molar-refractivity contribution in [2.24, 2.45) is 0 Å². The van der Waals surface area contributed by atoms with Gasteiger partial charge in [0.15, 0.2) is 0 Å². The normalized spacial score (nSPS) is 13.7. The van der Waals surface area contributed by atoms with E-state index in [1.807, 2.05) is 6.07 Å². The van der Waals surface area contributed by atoms with E-state index in [9.17, 15) is 0 Å². The molecule has 0 aliphatic heterocycles. The van der Waals surface area contributed by atoms with Crippen molar-refractivity contribution in [3.05, 3.63) is 157 Å². The van der Waals surface area contributed by atoms with E-state index in [0.717, 1.165) is 43.9 Å². The van der Waals surface area contributed by atoms with Crippen molar-refractivity contribution in [2.75, 3.05) is 0 Å². The lowest BCUT2D eigenvalue weighted by Crippen LogP contribution is -2.15. The minimum atomic E-state index is -0.203. The Morgan fingerprint density at radius 2 is 1.12 bits per heavy atom. The van der Waals surface area contributed by atoms with Crippen LogP contribution in [0.4, 0.5) is 0 Å². The van der Waals surface area contributed by atoms with Gasteiger partial charge < -0.3 is 8.83 Å². The molecule has 2 heteroatoms. The van der Waals surface area contributed by atoms with Gasteiger partial charge in [-0.2, -0.15) is 0 Å². The summed E-state index contributed by atoms with van der Waals surface area (Å²) >= 11 is 0. The largest absolute Gasteiger partial charge is 0.456 e. The van der Waals surface area contributed by atoms with Gasteiger partial charge in [0.05, 0.1) is 0 Å². The second-order valence-electron chi connectivity index (χ2n) is 14.0. The number of furan rings is 2. The number of rotatable bonds is 2. The summed E-state index contributed by atoms with van der Waals surface area (Å²) in [5.41, 5.74) is 13.7. The summed E-state index contributed by atoms with van der Waals surface area (Å²) in [7, 11) is 0. The first-order valence-electron chi connectivity index (χ1n) is 17.0. The summed E-state index contributed by atoms with van der Waals surface area (Å²) in [5.74, 6) is 0. The van der Waals surface area contributed by atoms with Gasteiger partial charge >= 0.3 is 0 Å². The van der Waals surface area contributed by atoms with Gasteiger partial charge in [0.25, 0.3) is 0 Å². The summed E-state index contributed by atoms with van der Waals surface area (Å²) in [5, 5.41) is 9.47. The lowest BCUT2D eigenvalue weighted by Gasteiger charge is -2.23. The summed E-state index contributed by atoms with van der Waals surface area (Å²) in [4.78, 5) is 0. The Bertz CT molecular complexity index is 3020. The van der Waals surface area contributed by atoms with E-state index in [-0.39, 0.29) is 5.41 Å². The average Bonchev–Trinajstić information content (AvgIpc) is 3.78. The number of benzene rings is 8. The van der Waals surface area contributed by atoms with Gasteiger partial charge in [-0.15, -0.1) is 0 Å². The molecule has 230 valence electrons. The Labute approximate surface area is 282 Å². The van der Waals surface area contributed by atoms with E-state index in [2.05, 4.69) is 153 Å². The third-order valence-corrected chi connectivity index (χ3v) is 11.1. The third kappa shape index (κ3) is 3.61. The van der Waals surface area contributed by atoms with Gasteiger partial charge in [-0.3, -0.25) is 0 Å². The second kappa shape index (κ2) is 9.49. The molecule has 49 heavy (non-hydrogen) atoms. The smallest absolute Gasteiger partial charge is 0.143 e. The zero-order valence-corrected chi connectivity index (χ0v) is 27.2. The maximum atomic E-state index is 6.56. The molecule has 0 saturated heterocycles. The van der Waals surface area contributed by atoms with Crippen molar-refractivity contribution in [1.29, 1.82) is 0 Å². The van der Waals surface area contributed by atoms with Crippen molar-refractivity contribution in [1.82, 2.24) is 0 Å². The first-order chi connectivity index (χ1) is 24.0. The van der Waals surface area contributed by atoms with Crippen molar-refractivity contribution in [3.63, 3.8) is 0 Å². The molecule has 0 bridgehead atoms. The molecule has 0 spiro atoms. The van der Waals surface area contributed by atoms with Crippen LogP contribution in [0.1, 0.15) is 25.0 Å². The van der Waals surface area contributed by atoms with Gasteiger partial charge in [-0.05, 0) is 103 Å². The van der Waals surface area contributed by atoms with Crippen LogP contribution in [0, 0.1) is 0 Å². The van der Waals surface area contributed by atoms with E-state index in [1.165, 1.54) is 66.1 Å². The van der Waals surface area contributed by atoms with Gasteiger partial charge in [0.2, 0.25) is 0 Å². The molecule has 0 amide bonds. The zero-order valence-electron chi connectivity index (χ0n) is 27.2. The Hall–Kier alpha value is -6.12. The maximum absolute atomic E-state index is 6.56. The van der Waals surface area contributed by atoms with Gasteiger partial charge in [0, 0.05) is 32.3 Å². The van der Waals surface area contributed by atoms with Crippen LogP contribution in [-0.4, -0.2) is 0 Å². The summed E-state index contributed by atoms with van der Waals surface area (Å²) < 4.78 is 13.0. The van der Waals surface area contributed by atoms with E-state index in [1.54, 1.807) is 0 Å². The molecule has 0 atom stereocenters. The zero-order chi connectivity index (χ0) is 32.4. The van der Waals surface area contributed by atoms with Crippen LogP contribution in [0.3, 0.4) is 0 Å². The highest BCUT2D eigenvalue weighted by atomic mass is 16.3. The number of fused-ring (bicyclic) bond motifs is 12. The van der Waals surface area contributed by atoms with E-state index >= 15 is 0 Å². The monoisotopic (exact) mass is 626 g/mol. The maximum Gasteiger partial charge on any atom is 0.143 e. The molecule has 2 heterocycles. The molecular formula is C47H30O2. The molecule has 0 radical (unpaired) electrons. The molecule has 0 N–H and O–H groups in total. The minimum absolute atomic E-state index is 0.203. The Morgan fingerprint density at radius 1 is 0.408 bits per heavy atom. The number of para-hydroxylation sites is 1. The van der Waals surface area contributed by atoms with E-state index in [4.69, 9.17) is 8.83 Å². The second-order valence-corrected chi connectivity index (χ2v) is 14.0. The van der Waals surface area contributed by atoms with E-state index in [0.29, 0.717) is 0 Å². The quantitative estimate of drug-likeness (QED) is 0.191. The predicted molar refractivity (Wildman–Crippen MR) is 204 cm³/mol. The fourth-order valence-electron chi connectivity index (χ4n) is 8.69. The Morgan fingerprint density at radius 3 is 2.02 bits per heavy atom. The molecular weight excluding hydrogens is 597 g/mol. The van der Waals surface area contributed by atoms with Crippen LogP contribution in [0.25, 0.3) is 98.8 Å². The third-order valence-electron chi connectivity index (χ3n) is 11.1. The van der Waals surface area contributed by atoms with Crippen LogP contribution in [0.2, 0.25) is 0 Å². The highest BCUT2D eigenvalue weighted by Crippen LogP contribution is 2.55. The first kappa shape index (κ1) is 26.9. The van der Waals surface area contributed by atoms with E-state index < -0.39 is 0 Å². The molecule has 0 fully saturated rings. The summed E-state index contributed by atoms with van der Waals surface area (Å²) in [6, 6.07) is 52.7. The SMILES string of the molecule is CC1(C)c2cc(-c3cccc4oc5c6ccccc6ccc5c34)ccc2-c2c1cc1ccccc1c2-c1ccc2c(c1)oc1ccccc12. The fraction of sp³-hybridized carbons (Fsp3) is 0.0638. The summed E-state index contributed by atoms with van der Waals surface area (Å²) in [6.07, 6.45) is 0. The van der Waals surface area contributed by atoms with Crippen LogP contribution in [0.15, 0.2) is 154 Å². The lowest BCUT2D eigenvalue weighted by atomic mass is 9.80. The Balaban J connectivity index is 1.16. The molecule has 0 saturated carbocycles. The molecule has 2 nitrogen and oxygen atoms in total. The van der Waals surface area contributed by atoms with Crippen LogP contribution >= 0.6 is 0 Å². The highest BCUT2D eigenvalue weighted by Gasteiger charge is 2.38. The molecule has 11 rings (SSSR count). The highest BCUT2D eigenvalue weighted by molar-refractivity contribution is 6.19.